The number of fused-ring (bicyclic) bond motifs is 2. The predicted octanol–water partition coefficient (Wildman–Crippen LogP) is 2.72. The highest BCUT2D eigenvalue weighted by Crippen LogP contribution is 2.29. The van der Waals surface area contributed by atoms with E-state index in [-0.39, 0.29) is 11.7 Å². The molecule has 6 nitrogen and oxygen atoms in total. The number of nitrogens with zero attached hydrogens (tertiary/aromatic N) is 3. The van der Waals surface area contributed by atoms with Crippen LogP contribution in [0.5, 0.6) is 5.75 Å². The SMILES string of the molecule is O=C(c1cc2c(OC(F)F)cccc2[nH]1)N1Cc2cncnc2C1. The maximum Gasteiger partial charge on any atom is 0.387 e. The molecule has 0 unspecified atom stereocenters. The number of carbonyl (C=O) groups excluding carboxylic acids is 1. The number of benzene rings is 1. The fourth-order valence-corrected chi connectivity index (χ4v) is 2.86. The fourth-order valence-electron chi connectivity index (χ4n) is 2.86. The molecule has 24 heavy (non-hydrogen) atoms. The summed E-state index contributed by atoms with van der Waals surface area (Å²) in [5, 5.41) is 0.442. The molecule has 122 valence electrons. The lowest BCUT2D eigenvalue weighted by Gasteiger charge is -2.13. The summed E-state index contributed by atoms with van der Waals surface area (Å²) >= 11 is 0. The Labute approximate surface area is 135 Å². The topological polar surface area (TPSA) is 71.1 Å². The highest BCUT2D eigenvalue weighted by Gasteiger charge is 2.26. The lowest BCUT2D eigenvalue weighted by Crippen LogP contribution is -2.25. The van der Waals surface area contributed by atoms with Crippen molar-refractivity contribution < 1.29 is 18.3 Å². The van der Waals surface area contributed by atoms with Crippen molar-refractivity contribution in [2.75, 3.05) is 0 Å². The van der Waals surface area contributed by atoms with Gasteiger partial charge in [0.25, 0.3) is 5.91 Å². The molecule has 0 fully saturated rings. The van der Waals surface area contributed by atoms with Crippen molar-refractivity contribution in [1.29, 1.82) is 0 Å². The predicted molar refractivity (Wildman–Crippen MR) is 80.5 cm³/mol. The smallest absolute Gasteiger partial charge is 0.387 e. The van der Waals surface area contributed by atoms with Gasteiger partial charge >= 0.3 is 6.61 Å². The third-order valence-corrected chi connectivity index (χ3v) is 3.94. The van der Waals surface area contributed by atoms with Crippen LogP contribution in [0.3, 0.4) is 0 Å². The lowest BCUT2D eigenvalue weighted by atomic mass is 10.2. The third kappa shape index (κ3) is 2.45. The number of halogens is 2. The zero-order valence-electron chi connectivity index (χ0n) is 12.4. The van der Waals surface area contributed by atoms with Crippen LogP contribution in [0.15, 0.2) is 36.8 Å². The molecule has 1 aliphatic heterocycles. The van der Waals surface area contributed by atoms with Crippen LogP contribution in [-0.4, -0.2) is 32.4 Å². The Morgan fingerprint density at radius 1 is 1.33 bits per heavy atom. The second-order valence-electron chi connectivity index (χ2n) is 5.43. The minimum atomic E-state index is -2.92. The molecule has 1 amide bonds. The molecule has 0 atom stereocenters. The van der Waals surface area contributed by atoms with E-state index in [0.717, 1.165) is 11.3 Å². The Morgan fingerprint density at radius 3 is 3.00 bits per heavy atom. The molecule has 0 spiro atoms. The van der Waals surface area contributed by atoms with Crippen LogP contribution in [0.25, 0.3) is 10.9 Å². The van der Waals surface area contributed by atoms with E-state index in [9.17, 15) is 13.6 Å². The van der Waals surface area contributed by atoms with Gasteiger partial charge in [-0.25, -0.2) is 9.97 Å². The molecule has 3 aromatic rings. The molecule has 0 aliphatic carbocycles. The Balaban J connectivity index is 1.64. The Kier molecular flexibility index (Phi) is 3.37. The zero-order chi connectivity index (χ0) is 16.7. The quantitative estimate of drug-likeness (QED) is 0.801. The van der Waals surface area contributed by atoms with Crippen LogP contribution in [0, 0.1) is 0 Å². The van der Waals surface area contributed by atoms with Gasteiger partial charge in [0.1, 0.15) is 17.8 Å². The maximum atomic E-state index is 12.7. The number of hydrogen-bond acceptors (Lipinski definition) is 4. The first-order valence-electron chi connectivity index (χ1n) is 7.25. The molecule has 3 heterocycles. The Bertz CT molecular complexity index is 900. The highest BCUT2D eigenvalue weighted by atomic mass is 19.3. The number of alkyl halides is 2. The van der Waals surface area contributed by atoms with Gasteiger partial charge in [0, 0.05) is 29.2 Å². The number of hydrogen-bond donors (Lipinski definition) is 1. The minimum Gasteiger partial charge on any atom is -0.434 e. The molecule has 1 aromatic carbocycles. The second-order valence-corrected chi connectivity index (χ2v) is 5.43. The Morgan fingerprint density at radius 2 is 2.21 bits per heavy atom. The molecular formula is C16H12F2N4O2. The molecule has 0 bridgehead atoms. The van der Waals surface area contributed by atoms with Crippen molar-refractivity contribution in [3.63, 3.8) is 0 Å². The summed E-state index contributed by atoms with van der Waals surface area (Å²) in [6.07, 6.45) is 3.14. The monoisotopic (exact) mass is 330 g/mol. The molecule has 8 heteroatoms. The van der Waals surface area contributed by atoms with E-state index in [2.05, 4.69) is 19.7 Å². The summed E-state index contributed by atoms with van der Waals surface area (Å²) in [6, 6.07) is 6.27. The van der Waals surface area contributed by atoms with Crippen LogP contribution >= 0.6 is 0 Å². The van der Waals surface area contributed by atoms with Gasteiger partial charge in [-0.1, -0.05) is 6.07 Å². The van der Waals surface area contributed by atoms with Gasteiger partial charge < -0.3 is 14.6 Å². The Hall–Kier alpha value is -3.03. The fraction of sp³-hybridized carbons (Fsp3) is 0.188. The number of carbonyl (C=O) groups is 1. The van der Waals surface area contributed by atoms with Crippen LogP contribution in [0.2, 0.25) is 0 Å². The van der Waals surface area contributed by atoms with E-state index in [0.29, 0.717) is 29.7 Å². The summed E-state index contributed by atoms with van der Waals surface area (Å²) < 4.78 is 29.5. The second kappa shape index (κ2) is 5.55. The number of rotatable bonds is 3. The normalized spacial score (nSPS) is 13.5. The van der Waals surface area contributed by atoms with Crippen molar-refractivity contribution in [2.45, 2.75) is 19.7 Å². The van der Waals surface area contributed by atoms with Gasteiger partial charge in [0.15, 0.2) is 0 Å². The van der Waals surface area contributed by atoms with Gasteiger partial charge in [0.05, 0.1) is 12.2 Å². The van der Waals surface area contributed by atoms with E-state index in [4.69, 9.17) is 0 Å². The summed E-state index contributed by atoms with van der Waals surface area (Å²) in [5.74, 6) is -0.194. The highest BCUT2D eigenvalue weighted by molar-refractivity contribution is 5.99. The van der Waals surface area contributed by atoms with Crippen molar-refractivity contribution in [3.05, 3.63) is 53.7 Å². The van der Waals surface area contributed by atoms with Crippen molar-refractivity contribution >= 4 is 16.8 Å². The molecule has 4 rings (SSSR count). The first-order chi connectivity index (χ1) is 11.6. The van der Waals surface area contributed by atoms with E-state index in [1.54, 1.807) is 23.2 Å². The standard InChI is InChI=1S/C16H12F2N4O2/c17-16(18)24-14-3-1-2-11-10(14)4-12(21-11)15(23)22-6-9-5-19-8-20-13(9)7-22/h1-5,8,16,21H,6-7H2. The average Bonchev–Trinajstić information content (AvgIpc) is 3.18. The van der Waals surface area contributed by atoms with Crippen molar-refractivity contribution in [3.8, 4) is 5.75 Å². The third-order valence-electron chi connectivity index (χ3n) is 3.94. The molecule has 2 aromatic heterocycles. The number of amides is 1. The number of aromatic nitrogens is 3. The van der Waals surface area contributed by atoms with Gasteiger partial charge in [0.2, 0.25) is 0 Å². The lowest BCUT2D eigenvalue weighted by molar-refractivity contribution is -0.0487. The molecule has 0 saturated carbocycles. The van der Waals surface area contributed by atoms with E-state index >= 15 is 0 Å². The van der Waals surface area contributed by atoms with Crippen LogP contribution in [-0.2, 0) is 13.1 Å². The van der Waals surface area contributed by atoms with E-state index in [1.165, 1.54) is 18.5 Å². The van der Waals surface area contributed by atoms with Crippen LogP contribution in [0.1, 0.15) is 21.7 Å². The molecule has 0 radical (unpaired) electrons. The van der Waals surface area contributed by atoms with Crippen LogP contribution in [0.4, 0.5) is 8.78 Å². The summed E-state index contributed by atoms with van der Waals surface area (Å²) in [7, 11) is 0. The number of nitrogens with one attached hydrogen (secondary N) is 1. The first kappa shape index (κ1) is 14.6. The van der Waals surface area contributed by atoms with Gasteiger partial charge in [-0.3, -0.25) is 4.79 Å². The molecule has 1 N–H and O–H groups in total. The van der Waals surface area contributed by atoms with Gasteiger partial charge in [-0.15, -0.1) is 0 Å². The number of aromatic amines is 1. The summed E-state index contributed by atoms with van der Waals surface area (Å²) in [5.41, 5.74) is 2.60. The summed E-state index contributed by atoms with van der Waals surface area (Å²) in [4.78, 5) is 25.4. The molecular weight excluding hydrogens is 318 g/mol. The molecule has 0 saturated heterocycles. The average molecular weight is 330 g/mol. The number of H-pyrrole nitrogens is 1. The zero-order valence-corrected chi connectivity index (χ0v) is 12.4. The maximum absolute atomic E-state index is 12.7. The van der Waals surface area contributed by atoms with E-state index < -0.39 is 6.61 Å². The first-order valence-corrected chi connectivity index (χ1v) is 7.25. The van der Waals surface area contributed by atoms with Gasteiger partial charge in [-0.2, -0.15) is 8.78 Å². The van der Waals surface area contributed by atoms with E-state index in [1.807, 2.05) is 0 Å². The minimum absolute atomic E-state index is 0.0355. The summed E-state index contributed by atoms with van der Waals surface area (Å²) in [6.45, 7) is -2.10. The van der Waals surface area contributed by atoms with Crippen molar-refractivity contribution in [1.82, 2.24) is 19.9 Å². The van der Waals surface area contributed by atoms with Crippen molar-refractivity contribution in [2.24, 2.45) is 0 Å². The molecule has 1 aliphatic rings. The van der Waals surface area contributed by atoms with Crippen LogP contribution < -0.4 is 4.74 Å². The number of ether oxygens (including phenoxy) is 1. The largest absolute Gasteiger partial charge is 0.434 e. The van der Waals surface area contributed by atoms with Gasteiger partial charge in [-0.05, 0) is 18.2 Å².